The normalized spacial score (nSPS) is 22.3. The number of ether oxygens (including phenoxy) is 1. The van der Waals surface area contributed by atoms with E-state index in [-0.39, 0.29) is 71.4 Å². The van der Waals surface area contributed by atoms with E-state index in [2.05, 4.69) is 4.98 Å². The van der Waals surface area contributed by atoms with Crippen LogP contribution >= 0.6 is 0 Å². The maximum absolute atomic E-state index is 14.4. The van der Waals surface area contributed by atoms with Gasteiger partial charge in [-0.3, -0.25) is 9.59 Å². The molecule has 1 aromatic heterocycles. The first-order chi connectivity index (χ1) is 21.9. The quantitative estimate of drug-likeness (QED) is 0.264. The van der Waals surface area contributed by atoms with Crippen molar-refractivity contribution >= 4 is 17.6 Å². The highest BCUT2D eigenvalue weighted by atomic mass is 19.4. The van der Waals surface area contributed by atoms with E-state index in [0.29, 0.717) is 36.7 Å². The van der Waals surface area contributed by atoms with Gasteiger partial charge in [0.1, 0.15) is 11.3 Å². The zero-order chi connectivity index (χ0) is 34.4. The topological polar surface area (TPSA) is 75.6 Å². The Hall–Kier alpha value is -4.16. The number of hydrogen-bond acceptors (Lipinski definition) is 6. The molecular formula is C34H36F6N4O3. The van der Waals surface area contributed by atoms with Gasteiger partial charge in [-0.25, -0.2) is 4.98 Å². The summed E-state index contributed by atoms with van der Waals surface area (Å²) in [4.78, 5) is 39.4. The fourth-order valence-corrected chi connectivity index (χ4v) is 6.78. The molecule has 2 aliphatic heterocycles. The molecule has 2 aliphatic rings. The molecule has 2 aromatic carbocycles. The number of hydrogen-bond donors (Lipinski definition) is 0. The molecule has 2 unspecified atom stereocenters. The lowest BCUT2D eigenvalue weighted by Gasteiger charge is -2.40. The van der Waals surface area contributed by atoms with Crippen molar-refractivity contribution in [3.63, 3.8) is 0 Å². The molecule has 252 valence electrons. The molecule has 1 amide bonds. The van der Waals surface area contributed by atoms with Gasteiger partial charge in [0, 0.05) is 43.6 Å². The van der Waals surface area contributed by atoms with E-state index in [1.165, 1.54) is 4.90 Å². The van der Waals surface area contributed by atoms with Crippen LogP contribution in [0, 0.1) is 30.6 Å². The molecule has 0 spiro atoms. The van der Waals surface area contributed by atoms with Crippen molar-refractivity contribution in [1.82, 2.24) is 14.9 Å². The van der Waals surface area contributed by atoms with E-state index in [1.807, 2.05) is 37.8 Å². The summed E-state index contributed by atoms with van der Waals surface area (Å²) in [7, 11) is 0. The Bertz CT molecular complexity index is 1630. The summed E-state index contributed by atoms with van der Waals surface area (Å²) in [5.41, 5.74) is -1.65. The molecule has 3 heterocycles. The molecule has 3 atom stereocenters. The molecule has 7 nitrogen and oxygen atoms in total. The van der Waals surface area contributed by atoms with Crippen molar-refractivity contribution in [2.24, 2.45) is 23.7 Å². The maximum atomic E-state index is 14.4. The summed E-state index contributed by atoms with van der Waals surface area (Å²) in [6.07, 6.45) is -10.1. The fourth-order valence-electron chi connectivity index (χ4n) is 6.78. The number of anilines is 1. The van der Waals surface area contributed by atoms with Gasteiger partial charge in [0.15, 0.2) is 0 Å². The Labute approximate surface area is 268 Å². The van der Waals surface area contributed by atoms with Gasteiger partial charge in [-0.2, -0.15) is 31.3 Å². The van der Waals surface area contributed by atoms with Gasteiger partial charge in [-0.1, -0.05) is 45.0 Å². The molecular weight excluding hydrogens is 626 g/mol. The van der Waals surface area contributed by atoms with Gasteiger partial charge in [-0.15, -0.1) is 0 Å². The predicted octanol–water partition coefficient (Wildman–Crippen LogP) is 7.46. The number of fused-ring (bicyclic) bond motifs is 1. The number of aryl methyl sites for hydroxylation is 1. The number of rotatable bonds is 5. The first-order valence-electron chi connectivity index (χ1n) is 15.4. The van der Waals surface area contributed by atoms with E-state index >= 15 is 0 Å². The van der Waals surface area contributed by atoms with Crippen molar-refractivity contribution < 1.29 is 40.7 Å². The molecule has 0 bridgehead atoms. The molecule has 0 saturated carbocycles. The zero-order valence-corrected chi connectivity index (χ0v) is 26.7. The van der Waals surface area contributed by atoms with E-state index in [4.69, 9.17) is 9.72 Å². The average Bonchev–Trinajstić information content (AvgIpc) is 2.97. The second-order valence-corrected chi connectivity index (χ2v) is 12.9. The lowest BCUT2D eigenvalue weighted by atomic mass is 9.77. The summed E-state index contributed by atoms with van der Waals surface area (Å²) in [6.45, 7) is 9.68. The maximum Gasteiger partial charge on any atom is 0.416 e. The van der Waals surface area contributed by atoms with Crippen molar-refractivity contribution in [2.45, 2.75) is 53.5 Å². The lowest BCUT2D eigenvalue weighted by molar-refractivity contribution is -0.143. The number of aromatic nitrogens is 2. The minimum absolute atomic E-state index is 0.00157. The van der Waals surface area contributed by atoms with Crippen molar-refractivity contribution in [1.29, 1.82) is 0 Å². The van der Waals surface area contributed by atoms with Crippen LogP contribution in [0.2, 0.25) is 0 Å². The highest BCUT2D eigenvalue weighted by Gasteiger charge is 2.39. The second kappa shape index (κ2) is 12.8. The number of ketones is 1. The zero-order valence-electron chi connectivity index (χ0n) is 26.7. The second-order valence-electron chi connectivity index (χ2n) is 12.9. The summed E-state index contributed by atoms with van der Waals surface area (Å²) < 4.78 is 88.0. The predicted molar refractivity (Wildman–Crippen MR) is 163 cm³/mol. The minimum atomic E-state index is -5.03. The van der Waals surface area contributed by atoms with Crippen molar-refractivity contribution in [2.75, 3.05) is 31.1 Å². The number of amides is 1. The van der Waals surface area contributed by atoms with Crippen LogP contribution in [0.25, 0.3) is 11.3 Å². The molecule has 0 N–H and O–H groups in total. The first kappa shape index (κ1) is 34.2. The number of nitrogens with zero attached hydrogens (tertiary/aromatic N) is 4. The van der Waals surface area contributed by atoms with Crippen LogP contribution in [0.3, 0.4) is 0 Å². The van der Waals surface area contributed by atoms with Gasteiger partial charge in [0.25, 0.3) is 5.91 Å². The average molecular weight is 663 g/mol. The largest absolute Gasteiger partial charge is 0.477 e. The lowest BCUT2D eigenvalue weighted by Crippen LogP contribution is -2.47. The minimum Gasteiger partial charge on any atom is -0.477 e. The van der Waals surface area contributed by atoms with Crippen molar-refractivity contribution in [3.8, 4) is 17.1 Å². The molecule has 0 aliphatic carbocycles. The summed E-state index contributed by atoms with van der Waals surface area (Å²) in [5, 5.41) is 0. The summed E-state index contributed by atoms with van der Waals surface area (Å²) in [6, 6.07) is 8.54. The Morgan fingerprint density at radius 1 is 0.915 bits per heavy atom. The number of alkyl halides is 6. The van der Waals surface area contributed by atoms with Gasteiger partial charge < -0.3 is 14.5 Å². The van der Waals surface area contributed by atoms with Crippen LogP contribution in [-0.2, 0) is 23.7 Å². The number of piperidine rings is 1. The molecule has 13 heteroatoms. The fraction of sp³-hybridized carbons (Fsp3) is 0.471. The number of Topliss-reactive ketones (excluding diaryl/α,β-unsaturated/α-hetero) is 1. The van der Waals surface area contributed by atoms with Gasteiger partial charge >= 0.3 is 12.4 Å². The molecule has 5 rings (SSSR count). The Morgan fingerprint density at radius 2 is 1.51 bits per heavy atom. The van der Waals surface area contributed by atoms with Crippen molar-refractivity contribution in [3.05, 3.63) is 70.3 Å². The van der Waals surface area contributed by atoms with Gasteiger partial charge in [0.2, 0.25) is 11.8 Å². The molecule has 1 saturated heterocycles. The number of carbonyl (C=O) groups excluding carboxylic acids is 2. The number of carbonyl (C=O) groups is 2. The van der Waals surface area contributed by atoms with Gasteiger partial charge in [0.05, 0.1) is 23.4 Å². The molecule has 0 radical (unpaired) electrons. The van der Waals surface area contributed by atoms with Crippen LogP contribution < -0.4 is 9.64 Å². The molecule has 1 fully saturated rings. The van der Waals surface area contributed by atoms with Crippen LogP contribution in [0.1, 0.15) is 60.3 Å². The van der Waals surface area contributed by atoms with Gasteiger partial charge in [-0.05, 0) is 55.0 Å². The van der Waals surface area contributed by atoms with E-state index < -0.39 is 35.9 Å². The monoisotopic (exact) mass is 662 g/mol. The number of benzene rings is 2. The molecule has 3 aromatic rings. The van der Waals surface area contributed by atoms with Crippen LogP contribution in [0.5, 0.6) is 5.88 Å². The summed E-state index contributed by atoms with van der Waals surface area (Å²) in [5.74, 6) is -0.785. The van der Waals surface area contributed by atoms with E-state index in [0.717, 1.165) is 5.56 Å². The molecule has 47 heavy (non-hydrogen) atoms. The van der Waals surface area contributed by atoms with Crippen LogP contribution in [0.15, 0.2) is 42.5 Å². The van der Waals surface area contributed by atoms with E-state index in [9.17, 15) is 35.9 Å². The summed E-state index contributed by atoms with van der Waals surface area (Å²) >= 11 is 0. The highest BCUT2D eigenvalue weighted by Crippen LogP contribution is 2.39. The van der Waals surface area contributed by atoms with Crippen LogP contribution in [-0.4, -0.2) is 52.8 Å². The Morgan fingerprint density at radius 3 is 2.06 bits per heavy atom. The third kappa shape index (κ3) is 7.23. The Kier molecular flexibility index (Phi) is 9.31. The van der Waals surface area contributed by atoms with E-state index in [1.54, 1.807) is 26.0 Å². The first-order valence-corrected chi connectivity index (χ1v) is 15.4. The standard InChI is InChI=1S/C34H36F6N4O3/c1-18-13-43(16-23-10-24(33(35,36)37)12-25(11-23)34(38,39)40)31(46)28-29(26-9-7-6-8-19(26)2)41-32(42-30(28)47-17-18)44-14-20(3)27(22(5)45)21(4)15-44/h6-12,18,20-21,27H,13-17H2,1-5H3/t18-,20?,21?,27?/m0/s1. The smallest absolute Gasteiger partial charge is 0.416 e. The Balaban J connectivity index is 1.63. The number of halogens is 6. The van der Waals surface area contributed by atoms with Crippen LogP contribution in [0.4, 0.5) is 32.3 Å². The third-order valence-corrected chi connectivity index (χ3v) is 8.82. The SMILES string of the molecule is CC(=O)C1C(C)CN(c2nc3c(c(-c4ccccc4C)n2)C(=O)N(Cc2cc(C(F)(F)F)cc(C(F)(F)F)c2)C[C@H](C)CO3)CC1C. The highest BCUT2D eigenvalue weighted by molar-refractivity contribution is 6.02. The third-order valence-electron chi connectivity index (χ3n) is 8.82.